The molecule has 1 N–H and O–H groups in total. The van der Waals surface area contributed by atoms with Crippen molar-refractivity contribution in [2.45, 2.75) is 25.9 Å². The largest absolute Gasteiger partial charge is 0.390 e. The number of amides is 1. The number of carbonyl (C=O) groups excluding carboxylic acids is 1. The van der Waals surface area contributed by atoms with E-state index in [4.69, 9.17) is 4.74 Å². The molecule has 0 saturated carbocycles. The number of likely N-dealkylation sites (tertiary alicyclic amines) is 1. The van der Waals surface area contributed by atoms with E-state index >= 15 is 0 Å². The van der Waals surface area contributed by atoms with Gasteiger partial charge in [-0.25, -0.2) is 0 Å². The molecule has 5 heteroatoms. The molecular weight excluding hydrogens is 232 g/mol. The minimum Gasteiger partial charge on any atom is -0.390 e. The first-order valence-electron chi connectivity index (χ1n) is 6.77. The van der Waals surface area contributed by atoms with Crippen molar-refractivity contribution in [3.63, 3.8) is 0 Å². The summed E-state index contributed by atoms with van der Waals surface area (Å²) in [5.74, 6) is 0.384. The third-order valence-electron chi connectivity index (χ3n) is 4.00. The standard InChI is InChI=1S/C13H24N2O3/c1-13(2,17)11-3-4-15(9-11)12(16)10-14-5-7-18-8-6-14/h11,17H,3-10H2,1-2H3/t11-/m1/s1. The third kappa shape index (κ3) is 3.43. The van der Waals surface area contributed by atoms with Crippen molar-refractivity contribution in [2.24, 2.45) is 5.92 Å². The Balaban J connectivity index is 1.80. The van der Waals surface area contributed by atoms with Crippen LogP contribution in [-0.4, -0.2) is 72.4 Å². The van der Waals surface area contributed by atoms with Gasteiger partial charge < -0.3 is 14.7 Å². The van der Waals surface area contributed by atoms with Gasteiger partial charge >= 0.3 is 0 Å². The summed E-state index contributed by atoms with van der Waals surface area (Å²) in [5, 5.41) is 9.97. The van der Waals surface area contributed by atoms with Crippen molar-refractivity contribution in [3.05, 3.63) is 0 Å². The number of carbonyl (C=O) groups is 1. The highest BCUT2D eigenvalue weighted by Crippen LogP contribution is 2.27. The predicted octanol–water partition coefficient (Wildman–Crippen LogP) is -0.0620. The monoisotopic (exact) mass is 256 g/mol. The molecule has 0 aliphatic carbocycles. The van der Waals surface area contributed by atoms with E-state index in [9.17, 15) is 9.90 Å². The second-order valence-electron chi connectivity index (χ2n) is 5.87. The van der Waals surface area contributed by atoms with Crippen LogP contribution in [0.5, 0.6) is 0 Å². The fourth-order valence-electron chi connectivity index (χ4n) is 2.61. The minimum absolute atomic E-state index is 0.184. The topological polar surface area (TPSA) is 53.0 Å². The van der Waals surface area contributed by atoms with Crippen molar-refractivity contribution in [1.82, 2.24) is 9.80 Å². The molecule has 0 aromatic rings. The Hall–Kier alpha value is -0.650. The molecule has 1 atom stereocenters. The summed E-state index contributed by atoms with van der Waals surface area (Å²) in [7, 11) is 0. The minimum atomic E-state index is -0.687. The van der Waals surface area contributed by atoms with E-state index in [-0.39, 0.29) is 11.8 Å². The summed E-state index contributed by atoms with van der Waals surface area (Å²) >= 11 is 0. The molecule has 104 valence electrons. The number of hydrogen-bond acceptors (Lipinski definition) is 4. The summed E-state index contributed by atoms with van der Waals surface area (Å²) in [5.41, 5.74) is -0.687. The molecule has 0 aromatic carbocycles. The Morgan fingerprint density at radius 2 is 2.00 bits per heavy atom. The van der Waals surface area contributed by atoms with Crippen LogP contribution in [0.3, 0.4) is 0 Å². The van der Waals surface area contributed by atoms with E-state index < -0.39 is 5.60 Å². The van der Waals surface area contributed by atoms with E-state index in [2.05, 4.69) is 4.90 Å². The number of nitrogens with zero attached hydrogens (tertiary/aromatic N) is 2. The maximum absolute atomic E-state index is 12.1. The molecule has 18 heavy (non-hydrogen) atoms. The van der Waals surface area contributed by atoms with Gasteiger partial charge in [0.15, 0.2) is 0 Å². The maximum Gasteiger partial charge on any atom is 0.236 e. The van der Waals surface area contributed by atoms with Crippen LogP contribution in [0.2, 0.25) is 0 Å². The van der Waals surface area contributed by atoms with Gasteiger partial charge in [0.25, 0.3) is 0 Å². The lowest BCUT2D eigenvalue weighted by molar-refractivity contribution is -0.132. The van der Waals surface area contributed by atoms with Gasteiger partial charge in [0.2, 0.25) is 5.91 Å². The summed E-state index contributed by atoms with van der Waals surface area (Å²) in [6.07, 6.45) is 0.901. The fraction of sp³-hybridized carbons (Fsp3) is 0.923. The van der Waals surface area contributed by atoms with E-state index in [0.29, 0.717) is 13.1 Å². The molecule has 2 saturated heterocycles. The lowest BCUT2D eigenvalue weighted by Crippen LogP contribution is -2.44. The van der Waals surface area contributed by atoms with E-state index in [1.807, 2.05) is 18.7 Å². The van der Waals surface area contributed by atoms with Gasteiger partial charge in [0.05, 0.1) is 25.4 Å². The SMILES string of the molecule is CC(C)(O)[C@@H]1CCN(C(=O)CN2CCOCC2)C1. The Morgan fingerprint density at radius 3 is 2.56 bits per heavy atom. The van der Waals surface area contributed by atoms with Crippen LogP contribution in [0.1, 0.15) is 20.3 Å². The van der Waals surface area contributed by atoms with Gasteiger partial charge in [-0.05, 0) is 20.3 Å². The van der Waals surface area contributed by atoms with Crippen molar-refractivity contribution in [1.29, 1.82) is 0 Å². The van der Waals surface area contributed by atoms with Crippen LogP contribution in [-0.2, 0) is 9.53 Å². The second kappa shape index (κ2) is 5.55. The number of morpholine rings is 1. The molecule has 2 aliphatic heterocycles. The lowest BCUT2D eigenvalue weighted by atomic mass is 9.90. The first-order chi connectivity index (χ1) is 8.47. The first kappa shape index (κ1) is 13.8. The summed E-state index contributed by atoms with van der Waals surface area (Å²) < 4.78 is 5.27. The van der Waals surface area contributed by atoms with Crippen molar-refractivity contribution in [2.75, 3.05) is 45.9 Å². The number of rotatable bonds is 3. The highest BCUT2D eigenvalue weighted by molar-refractivity contribution is 5.78. The van der Waals surface area contributed by atoms with Crippen LogP contribution in [0.25, 0.3) is 0 Å². The van der Waals surface area contributed by atoms with Crippen LogP contribution in [0.15, 0.2) is 0 Å². The average Bonchev–Trinajstić information content (AvgIpc) is 2.79. The van der Waals surface area contributed by atoms with Gasteiger partial charge in [-0.2, -0.15) is 0 Å². The zero-order chi connectivity index (χ0) is 13.2. The first-order valence-corrected chi connectivity index (χ1v) is 6.77. The molecule has 0 aromatic heterocycles. The van der Waals surface area contributed by atoms with Gasteiger partial charge in [-0.15, -0.1) is 0 Å². The molecule has 0 radical (unpaired) electrons. The Bertz CT molecular complexity index is 295. The van der Waals surface area contributed by atoms with Crippen LogP contribution < -0.4 is 0 Å². The lowest BCUT2D eigenvalue weighted by Gasteiger charge is -2.29. The maximum atomic E-state index is 12.1. The van der Waals surface area contributed by atoms with Crippen LogP contribution in [0, 0.1) is 5.92 Å². The molecule has 2 aliphatic rings. The molecule has 5 nitrogen and oxygen atoms in total. The van der Waals surface area contributed by atoms with Gasteiger partial charge in [-0.3, -0.25) is 9.69 Å². The zero-order valence-electron chi connectivity index (χ0n) is 11.4. The van der Waals surface area contributed by atoms with Gasteiger partial charge in [0, 0.05) is 32.1 Å². The fourth-order valence-corrected chi connectivity index (χ4v) is 2.61. The van der Waals surface area contributed by atoms with Crippen molar-refractivity contribution in [3.8, 4) is 0 Å². The normalized spacial score (nSPS) is 26.6. The number of ether oxygens (including phenoxy) is 1. The smallest absolute Gasteiger partial charge is 0.236 e. The number of aliphatic hydroxyl groups is 1. The molecule has 0 unspecified atom stereocenters. The molecule has 2 heterocycles. The van der Waals surface area contributed by atoms with E-state index in [1.54, 1.807) is 0 Å². The zero-order valence-corrected chi connectivity index (χ0v) is 11.4. The van der Waals surface area contributed by atoms with Crippen molar-refractivity contribution >= 4 is 5.91 Å². The molecule has 2 fully saturated rings. The average molecular weight is 256 g/mol. The molecule has 0 bridgehead atoms. The second-order valence-corrected chi connectivity index (χ2v) is 5.87. The molecule has 0 spiro atoms. The summed E-state index contributed by atoms with van der Waals surface area (Å²) in [6.45, 7) is 8.73. The van der Waals surface area contributed by atoms with E-state index in [0.717, 1.165) is 39.3 Å². The Morgan fingerprint density at radius 1 is 1.33 bits per heavy atom. The predicted molar refractivity (Wildman–Crippen MR) is 68.2 cm³/mol. The number of hydrogen-bond donors (Lipinski definition) is 1. The van der Waals surface area contributed by atoms with Crippen LogP contribution >= 0.6 is 0 Å². The quantitative estimate of drug-likeness (QED) is 0.768. The summed E-state index contributed by atoms with van der Waals surface area (Å²) in [6, 6.07) is 0. The van der Waals surface area contributed by atoms with Gasteiger partial charge in [0.1, 0.15) is 0 Å². The van der Waals surface area contributed by atoms with Gasteiger partial charge in [-0.1, -0.05) is 0 Å². The molecule has 1 amide bonds. The Labute approximate surface area is 109 Å². The third-order valence-corrected chi connectivity index (χ3v) is 4.00. The highest BCUT2D eigenvalue weighted by atomic mass is 16.5. The Kier molecular flexibility index (Phi) is 4.25. The summed E-state index contributed by atoms with van der Waals surface area (Å²) in [4.78, 5) is 16.2. The van der Waals surface area contributed by atoms with E-state index in [1.165, 1.54) is 0 Å². The molecule has 2 rings (SSSR count). The van der Waals surface area contributed by atoms with Crippen LogP contribution in [0.4, 0.5) is 0 Å². The van der Waals surface area contributed by atoms with Crippen molar-refractivity contribution < 1.29 is 14.6 Å². The molecular formula is C13H24N2O3. The highest BCUT2D eigenvalue weighted by Gasteiger charge is 2.35.